The van der Waals surface area contributed by atoms with Crippen molar-refractivity contribution in [3.05, 3.63) is 62.6 Å². The van der Waals surface area contributed by atoms with E-state index < -0.39 is 0 Å². The van der Waals surface area contributed by atoms with Gasteiger partial charge in [0.2, 0.25) is 0 Å². The minimum Gasteiger partial charge on any atom is -0.384 e. The van der Waals surface area contributed by atoms with Gasteiger partial charge in [-0.25, -0.2) is 0 Å². The lowest BCUT2D eigenvalue weighted by atomic mass is 9.89. The van der Waals surface area contributed by atoms with Crippen molar-refractivity contribution in [1.82, 2.24) is 5.32 Å². The summed E-state index contributed by atoms with van der Waals surface area (Å²) < 4.78 is 1.06. The van der Waals surface area contributed by atoms with E-state index in [2.05, 4.69) is 59.5 Å². The van der Waals surface area contributed by atoms with E-state index in [1.54, 1.807) is 0 Å². The van der Waals surface area contributed by atoms with E-state index in [0.717, 1.165) is 39.8 Å². The van der Waals surface area contributed by atoms with Gasteiger partial charge in [-0.15, -0.1) is 0 Å². The van der Waals surface area contributed by atoms with Crippen LogP contribution in [-0.2, 0) is 6.54 Å². The molecule has 1 heterocycles. The number of aryl methyl sites for hydroxylation is 2. The molecule has 0 radical (unpaired) electrons. The summed E-state index contributed by atoms with van der Waals surface area (Å²) in [6.45, 7) is 7.76. The molecule has 126 valence electrons. The molecular weight excluding hydrogens is 364 g/mol. The Balaban J connectivity index is 1.84. The third-order valence-electron chi connectivity index (χ3n) is 4.68. The van der Waals surface area contributed by atoms with E-state index in [4.69, 9.17) is 0 Å². The Morgan fingerprint density at radius 2 is 2.12 bits per heavy atom. The van der Waals surface area contributed by atoms with Gasteiger partial charge in [0.1, 0.15) is 0 Å². The second-order valence-electron chi connectivity index (χ2n) is 6.62. The average molecular weight is 387 g/mol. The fourth-order valence-corrected chi connectivity index (χ4v) is 3.67. The van der Waals surface area contributed by atoms with Crippen LogP contribution in [0.1, 0.15) is 51.9 Å². The Kier molecular flexibility index (Phi) is 4.95. The molecule has 1 amide bonds. The zero-order valence-electron chi connectivity index (χ0n) is 14.4. The zero-order chi connectivity index (χ0) is 17.3. The van der Waals surface area contributed by atoms with E-state index in [1.165, 1.54) is 11.1 Å². The van der Waals surface area contributed by atoms with Crippen LogP contribution in [0.2, 0.25) is 0 Å². The first-order chi connectivity index (χ1) is 11.5. The summed E-state index contributed by atoms with van der Waals surface area (Å²) in [6, 6.07) is 10.3. The molecule has 0 bridgehead atoms. The van der Waals surface area contributed by atoms with Crippen LogP contribution in [0.3, 0.4) is 0 Å². The van der Waals surface area contributed by atoms with Crippen molar-refractivity contribution >= 4 is 27.5 Å². The Morgan fingerprint density at radius 1 is 1.33 bits per heavy atom. The molecule has 3 nitrogen and oxygen atoms in total. The molecule has 0 saturated heterocycles. The molecule has 2 aromatic carbocycles. The van der Waals surface area contributed by atoms with Gasteiger partial charge in [-0.1, -0.05) is 47.1 Å². The van der Waals surface area contributed by atoms with Crippen LogP contribution in [0.25, 0.3) is 0 Å². The first-order valence-electron chi connectivity index (χ1n) is 8.38. The van der Waals surface area contributed by atoms with Crippen molar-refractivity contribution in [1.29, 1.82) is 0 Å². The highest BCUT2D eigenvalue weighted by Crippen LogP contribution is 2.35. The smallest absolute Gasteiger partial charge is 0.253 e. The maximum Gasteiger partial charge on any atom is 0.253 e. The lowest BCUT2D eigenvalue weighted by Gasteiger charge is -2.26. The maximum atomic E-state index is 12.8. The number of nitrogens with one attached hydrogen (secondary N) is 2. The fraction of sp³-hybridized carbons (Fsp3) is 0.350. The second-order valence-corrected chi connectivity index (χ2v) is 7.42. The minimum absolute atomic E-state index is 0.0232. The lowest BCUT2D eigenvalue weighted by Crippen LogP contribution is -2.26. The van der Waals surface area contributed by atoms with Crippen LogP contribution < -0.4 is 10.6 Å². The molecule has 0 aliphatic carbocycles. The van der Waals surface area contributed by atoms with Gasteiger partial charge in [-0.05, 0) is 54.5 Å². The van der Waals surface area contributed by atoms with Crippen molar-refractivity contribution < 1.29 is 4.79 Å². The van der Waals surface area contributed by atoms with E-state index in [-0.39, 0.29) is 5.91 Å². The number of carbonyl (C=O) groups is 1. The van der Waals surface area contributed by atoms with Gasteiger partial charge in [0.05, 0.1) is 11.3 Å². The number of benzene rings is 2. The maximum absolute atomic E-state index is 12.8. The molecule has 24 heavy (non-hydrogen) atoms. The van der Waals surface area contributed by atoms with Crippen molar-refractivity contribution in [3.63, 3.8) is 0 Å². The molecule has 0 saturated carbocycles. The van der Waals surface area contributed by atoms with Crippen LogP contribution in [0.4, 0.5) is 5.69 Å². The number of anilines is 1. The molecule has 2 N–H and O–H groups in total. The van der Waals surface area contributed by atoms with Crippen LogP contribution >= 0.6 is 15.9 Å². The number of halogens is 1. The van der Waals surface area contributed by atoms with Crippen LogP contribution in [0.15, 0.2) is 34.8 Å². The van der Waals surface area contributed by atoms with Crippen molar-refractivity contribution in [2.24, 2.45) is 0 Å². The summed E-state index contributed by atoms with van der Waals surface area (Å²) in [7, 11) is 0. The lowest BCUT2D eigenvalue weighted by molar-refractivity contribution is 0.0951. The van der Waals surface area contributed by atoms with Gasteiger partial charge >= 0.3 is 0 Å². The molecule has 3 rings (SSSR count). The summed E-state index contributed by atoms with van der Waals surface area (Å²) in [5.74, 6) is 0.462. The predicted octanol–water partition coefficient (Wildman–Crippen LogP) is 4.92. The zero-order valence-corrected chi connectivity index (χ0v) is 16.0. The minimum atomic E-state index is -0.0232. The number of carbonyl (C=O) groups excluding carboxylic acids is 1. The molecule has 1 atom stereocenters. The molecule has 1 aliphatic heterocycles. The standard InChI is InChI=1S/C20H23BrN2O/c1-12-9-16-13(2)7-8-22-19(16)17(10-12)20(24)23-11-15-6-4-5-14(3)18(15)21/h4-6,9-10,13,22H,7-8,11H2,1-3H3,(H,23,24). The largest absolute Gasteiger partial charge is 0.384 e. The van der Waals surface area contributed by atoms with Gasteiger partial charge in [-0.3, -0.25) is 4.79 Å². The monoisotopic (exact) mass is 386 g/mol. The van der Waals surface area contributed by atoms with E-state index in [1.807, 2.05) is 18.2 Å². The molecule has 0 spiro atoms. The van der Waals surface area contributed by atoms with Crippen LogP contribution in [0, 0.1) is 13.8 Å². The molecule has 0 fully saturated rings. The number of rotatable bonds is 3. The molecule has 2 aromatic rings. The first kappa shape index (κ1) is 17.0. The van der Waals surface area contributed by atoms with Gasteiger partial charge in [0.25, 0.3) is 5.91 Å². The van der Waals surface area contributed by atoms with Crippen LogP contribution in [0.5, 0.6) is 0 Å². The third-order valence-corrected chi connectivity index (χ3v) is 5.81. The normalized spacial score (nSPS) is 16.2. The molecule has 1 unspecified atom stereocenters. The van der Waals surface area contributed by atoms with E-state index in [0.29, 0.717) is 12.5 Å². The fourth-order valence-electron chi connectivity index (χ4n) is 3.26. The topological polar surface area (TPSA) is 41.1 Å². The number of fused-ring (bicyclic) bond motifs is 1. The Hall–Kier alpha value is -1.81. The first-order valence-corrected chi connectivity index (χ1v) is 9.17. The Labute approximate surface area is 152 Å². The van der Waals surface area contributed by atoms with Gasteiger partial charge in [0.15, 0.2) is 0 Å². The average Bonchev–Trinajstić information content (AvgIpc) is 2.56. The van der Waals surface area contributed by atoms with Crippen molar-refractivity contribution in [2.45, 2.75) is 39.7 Å². The SMILES string of the molecule is Cc1cc(C(=O)NCc2cccc(C)c2Br)c2c(c1)C(C)CCN2. The Morgan fingerprint density at radius 3 is 2.92 bits per heavy atom. The summed E-state index contributed by atoms with van der Waals surface area (Å²) in [4.78, 5) is 12.8. The number of hydrogen-bond donors (Lipinski definition) is 2. The number of hydrogen-bond acceptors (Lipinski definition) is 2. The number of amides is 1. The van der Waals surface area contributed by atoms with Gasteiger partial charge in [0, 0.05) is 17.6 Å². The predicted molar refractivity (Wildman–Crippen MR) is 103 cm³/mol. The van der Waals surface area contributed by atoms with Crippen LogP contribution in [-0.4, -0.2) is 12.5 Å². The van der Waals surface area contributed by atoms with Crippen molar-refractivity contribution in [2.75, 3.05) is 11.9 Å². The summed E-state index contributed by atoms with van der Waals surface area (Å²) in [6.07, 6.45) is 1.10. The summed E-state index contributed by atoms with van der Waals surface area (Å²) >= 11 is 3.60. The molecule has 1 aliphatic rings. The van der Waals surface area contributed by atoms with Gasteiger partial charge in [-0.2, -0.15) is 0 Å². The molecular formula is C20H23BrN2O. The highest BCUT2D eigenvalue weighted by Gasteiger charge is 2.22. The quantitative estimate of drug-likeness (QED) is 0.785. The van der Waals surface area contributed by atoms with Gasteiger partial charge < -0.3 is 10.6 Å². The molecule has 4 heteroatoms. The van der Waals surface area contributed by atoms with E-state index >= 15 is 0 Å². The molecule has 0 aromatic heterocycles. The highest BCUT2D eigenvalue weighted by atomic mass is 79.9. The summed E-state index contributed by atoms with van der Waals surface area (Å²) in [5, 5.41) is 6.48. The van der Waals surface area contributed by atoms with Crippen molar-refractivity contribution in [3.8, 4) is 0 Å². The second kappa shape index (κ2) is 6.98. The third kappa shape index (κ3) is 3.34. The van der Waals surface area contributed by atoms with E-state index in [9.17, 15) is 4.79 Å². The highest BCUT2D eigenvalue weighted by molar-refractivity contribution is 9.10. The summed E-state index contributed by atoms with van der Waals surface area (Å²) in [5.41, 5.74) is 6.39. The Bertz CT molecular complexity index is 785.